The van der Waals surface area contributed by atoms with Gasteiger partial charge in [0.2, 0.25) is 0 Å². The number of ether oxygens (including phenoxy) is 1. The van der Waals surface area contributed by atoms with Crippen LogP contribution < -0.4 is 0 Å². The molecule has 0 radical (unpaired) electrons. The molecule has 15 heavy (non-hydrogen) atoms. The third kappa shape index (κ3) is 3.53. The average Bonchev–Trinajstić information content (AvgIpc) is 2.23. The van der Waals surface area contributed by atoms with Gasteiger partial charge in [0.15, 0.2) is 12.3 Å². The zero-order chi connectivity index (χ0) is 12.2. The second kappa shape index (κ2) is 5.72. The van der Waals surface area contributed by atoms with Crippen LogP contribution in [0.4, 0.5) is 17.6 Å². The first-order valence-electron chi connectivity index (χ1n) is 4.14. The molecule has 0 aromatic heterocycles. The number of carbonyl (C=O) groups excluding carboxylic acids is 1. The molecule has 0 spiro atoms. The lowest BCUT2D eigenvalue weighted by atomic mass is 10.0. The zero-order valence-electron chi connectivity index (χ0n) is 8.56. The predicted octanol–water partition coefficient (Wildman–Crippen LogP) is 2.44. The molecule has 2 unspecified atom stereocenters. The van der Waals surface area contributed by atoms with Gasteiger partial charge in [-0.2, -0.15) is 0 Å². The Balaban J connectivity index is 4.82. The van der Waals surface area contributed by atoms with Crippen LogP contribution in [0.1, 0.15) is 13.8 Å². The van der Waals surface area contributed by atoms with Crippen LogP contribution in [0.2, 0.25) is 0 Å². The maximum Gasteiger partial charge on any atom is 0.333 e. The van der Waals surface area contributed by atoms with Gasteiger partial charge in [0, 0.05) is 5.57 Å². The van der Waals surface area contributed by atoms with Crippen LogP contribution in [-0.2, 0) is 9.53 Å². The molecule has 0 saturated heterocycles. The summed E-state index contributed by atoms with van der Waals surface area (Å²) in [5.74, 6) is -0.864. The SMILES string of the molecule is COC(=O)C(C)=C(C)C(F)C(F)C(F)F. The first-order chi connectivity index (χ1) is 6.82. The Morgan fingerprint density at radius 2 is 1.60 bits per heavy atom. The fourth-order valence-corrected chi connectivity index (χ4v) is 0.887. The molecule has 0 aliphatic carbocycles. The molecule has 88 valence electrons. The molecule has 0 N–H and O–H groups in total. The summed E-state index contributed by atoms with van der Waals surface area (Å²) in [6.07, 6.45) is -8.84. The van der Waals surface area contributed by atoms with Crippen molar-refractivity contribution >= 4 is 5.97 Å². The Hall–Kier alpha value is -1.07. The van der Waals surface area contributed by atoms with Gasteiger partial charge in [0.05, 0.1) is 7.11 Å². The largest absolute Gasteiger partial charge is 0.466 e. The fraction of sp³-hybridized carbons (Fsp3) is 0.667. The standard InChI is InChI=1S/C9H12F4O2/c1-4(5(2)9(14)15-3)6(10)7(11)8(12)13/h6-8H,1-3H3. The first-order valence-corrected chi connectivity index (χ1v) is 4.14. The molecule has 0 aromatic carbocycles. The highest BCUT2D eigenvalue weighted by atomic mass is 19.3. The fourth-order valence-electron chi connectivity index (χ4n) is 0.887. The Bertz CT molecular complexity index is 263. The lowest BCUT2D eigenvalue weighted by Gasteiger charge is -2.15. The monoisotopic (exact) mass is 228 g/mol. The second-order valence-electron chi connectivity index (χ2n) is 2.98. The minimum atomic E-state index is -3.42. The number of hydrogen-bond acceptors (Lipinski definition) is 2. The quantitative estimate of drug-likeness (QED) is 0.419. The van der Waals surface area contributed by atoms with Crippen molar-refractivity contribution in [3.8, 4) is 0 Å². The summed E-state index contributed by atoms with van der Waals surface area (Å²) in [4.78, 5) is 10.9. The number of carbonyl (C=O) groups is 1. The molecule has 2 atom stereocenters. The number of methoxy groups -OCH3 is 1. The third-order valence-corrected chi connectivity index (χ3v) is 2.02. The molecule has 2 nitrogen and oxygen atoms in total. The van der Waals surface area contributed by atoms with Crippen molar-refractivity contribution in [2.24, 2.45) is 0 Å². The first kappa shape index (κ1) is 13.9. The Morgan fingerprint density at radius 1 is 1.13 bits per heavy atom. The van der Waals surface area contributed by atoms with Gasteiger partial charge in [-0.05, 0) is 19.4 Å². The molecule has 0 aliphatic rings. The highest BCUT2D eigenvalue weighted by Crippen LogP contribution is 2.22. The molecule has 0 aliphatic heterocycles. The minimum absolute atomic E-state index is 0.201. The van der Waals surface area contributed by atoms with E-state index in [0.717, 1.165) is 14.0 Å². The van der Waals surface area contributed by atoms with Crippen molar-refractivity contribution < 1.29 is 27.1 Å². The van der Waals surface area contributed by atoms with Crippen LogP contribution in [0.3, 0.4) is 0 Å². The highest BCUT2D eigenvalue weighted by Gasteiger charge is 2.32. The van der Waals surface area contributed by atoms with Gasteiger partial charge in [0.1, 0.15) is 0 Å². The number of alkyl halides is 4. The van der Waals surface area contributed by atoms with Crippen molar-refractivity contribution in [3.63, 3.8) is 0 Å². The van der Waals surface area contributed by atoms with E-state index in [4.69, 9.17) is 0 Å². The van der Waals surface area contributed by atoms with E-state index in [1.165, 1.54) is 6.92 Å². The van der Waals surface area contributed by atoms with E-state index in [-0.39, 0.29) is 11.1 Å². The Labute approximate surface area is 84.9 Å². The van der Waals surface area contributed by atoms with Gasteiger partial charge in [-0.1, -0.05) is 0 Å². The van der Waals surface area contributed by atoms with E-state index in [9.17, 15) is 22.4 Å². The molecule has 0 rings (SSSR count). The van der Waals surface area contributed by atoms with E-state index < -0.39 is 24.7 Å². The number of halogens is 4. The summed E-state index contributed by atoms with van der Waals surface area (Å²) in [6, 6.07) is 0. The molecular weight excluding hydrogens is 216 g/mol. The van der Waals surface area contributed by atoms with Crippen LogP contribution in [0.5, 0.6) is 0 Å². The molecule has 6 heteroatoms. The summed E-state index contributed by atoms with van der Waals surface area (Å²) in [6.45, 7) is 2.26. The molecule has 0 fully saturated rings. The van der Waals surface area contributed by atoms with Crippen LogP contribution in [0.25, 0.3) is 0 Å². The lowest BCUT2D eigenvalue weighted by Crippen LogP contribution is -2.27. The molecule has 0 heterocycles. The second-order valence-corrected chi connectivity index (χ2v) is 2.98. The van der Waals surface area contributed by atoms with Gasteiger partial charge in [-0.15, -0.1) is 0 Å². The molecule has 0 bridgehead atoms. The van der Waals surface area contributed by atoms with Crippen LogP contribution in [0.15, 0.2) is 11.1 Å². The van der Waals surface area contributed by atoms with E-state index in [0.29, 0.717) is 0 Å². The Kier molecular flexibility index (Phi) is 5.32. The highest BCUT2D eigenvalue weighted by molar-refractivity contribution is 5.88. The van der Waals surface area contributed by atoms with Gasteiger partial charge >= 0.3 is 5.97 Å². The summed E-state index contributed by atoms with van der Waals surface area (Å²) >= 11 is 0. The third-order valence-electron chi connectivity index (χ3n) is 2.02. The Morgan fingerprint density at radius 3 is 1.93 bits per heavy atom. The summed E-state index contributed by atoms with van der Waals surface area (Å²) in [5.41, 5.74) is -0.581. The lowest BCUT2D eigenvalue weighted by molar-refractivity contribution is -0.136. The van der Waals surface area contributed by atoms with Crippen molar-refractivity contribution in [1.29, 1.82) is 0 Å². The summed E-state index contributed by atoms with van der Waals surface area (Å²) in [5, 5.41) is 0. The van der Waals surface area contributed by atoms with Gasteiger partial charge in [0.25, 0.3) is 6.43 Å². The molecule has 0 aromatic rings. The summed E-state index contributed by atoms with van der Waals surface area (Å²) < 4.78 is 53.6. The topological polar surface area (TPSA) is 26.3 Å². The van der Waals surface area contributed by atoms with Crippen LogP contribution >= 0.6 is 0 Å². The van der Waals surface area contributed by atoms with Crippen molar-refractivity contribution in [3.05, 3.63) is 11.1 Å². The van der Waals surface area contributed by atoms with Crippen LogP contribution in [-0.4, -0.2) is 31.8 Å². The number of hydrogen-bond donors (Lipinski definition) is 0. The smallest absolute Gasteiger partial charge is 0.333 e. The van der Waals surface area contributed by atoms with Crippen molar-refractivity contribution in [2.75, 3.05) is 7.11 Å². The average molecular weight is 228 g/mol. The number of allylic oxidation sites excluding steroid dienone is 1. The van der Waals surface area contributed by atoms with Crippen molar-refractivity contribution in [2.45, 2.75) is 32.6 Å². The van der Waals surface area contributed by atoms with E-state index in [1.807, 2.05) is 0 Å². The number of esters is 1. The predicted molar refractivity (Wildman–Crippen MR) is 46.2 cm³/mol. The normalized spacial score (nSPS) is 17.1. The molecule has 0 amide bonds. The number of rotatable bonds is 4. The molecular formula is C9H12F4O2. The zero-order valence-corrected chi connectivity index (χ0v) is 8.56. The van der Waals surface area contributed by atoms with E-state index >= 15 is 0 Å². The maximum absolute atomic E-state index is 13.1. The van der Waals surface area contributed by atoms with Crippen molar-refractivity contribution in [1.82, 2.24) is 0 Å². The maximum atomic E-state index is 13.1. The van der Waals surface area contributed by atoms with E-state index in [2.05, 4.69) is 4.74 Å². The van der Waals surface area contributed by atoms with Gasteiger partial charge in [-0.25, -0.2) is 22.4 Å². The molecule has 0 saturated carbocycles. The van der Waals surface area contributed by atoms with Gasteiger partial charge < -0.3 is 4.74 Å². The van der Waals surface area contributed by atoms with Gasteiger partial charge in [-0.3, -0.25) is 0 Å². The van der Waals surface area contributed by atoms with Crippen LogP contribution in [0, 0.1) is 0 Å². The van der Waals surface area contributed by atoms with E-state index in [1.54, 1.807) is 0 Å². The summed E-state index contributed by atoms with van der Waals surface area (Å²) in [7, 11) is 1.06. The minimum Gasteiger partial charge on any atom is -0.466 e.